The molecule has 3 aromatic carbocycles. The number of rotatable bonds is 7. The van der Waals surface area contributed by atoms with Crippen LogP contribution in [0.15, 0.2) is 71.6 Å². The summed E-state index contributed by atoms with van der Waals surface area (Å²) in [4.78, 5) is 4.36. The summed E-state index contributed by atoms with van der Waals surface area (Å²) < 4.78 is 29.0. The van der Waals surface area contributed by atoms with Crippen LogP contribution in [0.3, 0.4) is 0 Å². The molecule has 0 aromatic heterocycles. The van der Waals surface area contributed by atoms with Crippen molar-refractivity contribution in [2.24, 2.45) is 0 Å². The van der Waals surface area contributed by atoms with Crippen LogP contribution in [0.1, 0.15) is 22.7 Å². The van der Waals surface area contributed by atoms with Gasteiger partial charge >= 0.3 is 0 Å². The Bertz CT molecular complexity index is 1230. The number of hydrogen-bond acceptors (Lipinski definition) is 4. The summed E-state index contributed by atoms with van der Waals surface area (Å²) in [6.45, 7) is 1.82. The van der Waals surface area contributed by atoms with E-state index >= 15 is 0 Å². The Hall–Kier alpha value is -2.09. The molecule has 0 bridgehead atoms. The SMILES string of the molecule is CN(C)c1ccc(C(CNS(=O)(=O)c2cc(Cl)ccc2Cl)N2CCc3ccccc3C2)cc1. The number of sulfonamides is 1. The quantitative estimate of drug-likeness (QED) is 0.485. The van der Waals surface area contributed by atoms with Crippen LogP contribution in [0.4, 0.5) is 5.69 Å². The molecule has 5 nitrogen and oxygen atoms in total. The van der Waals surface area contributed by atoms with Crippen LogP contribution >= 0.6 is 23.2 Å². The van der Waals surface area contributed by atoms with E-state index in [-0.39, 0.29) is 22.5 Å². The first-order valence-electron chi connectivity index (χ1n) is 10.8. The van der Waals surface area contributed by atoms with Crippen LogP contribution in [0, 0.1) is 0 Å². The van der Waals surface area contributed by atoms with Crippen molar-refractivity contribution >= 4 is 38.9 Å². The van der Waals surface area contributed by atoms with Crippen molar-refractivity contribution < 1.29 is 8.42 Å². The first kappa shape index (κ1) is 24.0. The number of benzene rings is 3. The van der Waals surface area contributed by atoms with Crippen molar-refractivity contribution in [3.8, 4) is 0 Å². The maximum Gasteiger partial charge on any atom is 0.242 e. The molecule has 0 radical (unpaired) electrons. The van der Waals surface area contributed by atoms with E-state index in [0.29, 0.717) is 5.02 Å². The van der Waals surface area contributed by atoms with Gasteiger partial charge in [-0.3, -0.25) is 4.90 Å². The van der Waals surface area contributed by atoms with Crippen LogP contribution in [-0.2, 0) is 23.0 Å². The molecule has 4 rings (SSSR count). The van der Waals surface area contributed by atoms with Gasteiger partial charge in [0.05, 0.1) is 5.02 Å². The summed E-state index contributed by atoms with van der Waals surface area (Å²) in [5, 5.41) is 0.467. The molecule has 1 aliphatic heterocycles. The molecule has 3 aromatic rings. The minimum Gasteiger partial charge on any atom is -0.378 e. The van der Waals surface area contributed by atoms with Gasteiger partial charge in [-0.05, 0) is 53.4 Å². The fourth-order valence-corrected chi connectivity index (χ4v) is 5.98. The van der Waals surface area contributed by atoms with E-state index in [9.17, 15) is 8.42 Å². The smallest absolute Gasteiger partial charge is 0.242 e. The lowest BCUT2D eigenvalue weighted by Crippen LogP contribution is -2.40. The van der Waals surface area contributed by atoms with E-state index in [1.165, 1.54) is 23.3 Å². The number of hydrogen-bond donors (Lipinski definition) is 1. The Labute approximate surface area is 206 Å². The third kappa shape index (κ3) is 5.53. The predicted molar refractivity (Wildman–Crippen MR) is 136 cm³/mol. The maximum absolute atomic E-state index is 13.1. The van der Waals surface area contributed by atoms with E-state index in [1.54, 1.807) is 6.07 Å². The van der Waals surface area contributed by atoms with Gasteiger partial charge in [-0.2, -0.15) is 0 Å². The zero-order valence-corrected chi connectivity index (χ0v) is 21.0. The van der Waals surface area contributed by atoms with Crippen LogP contribution in [0.5, 0.6) is 0 Å². The predicted octanol–water partition coefficient (Wildman–Crippen LogP) is 5.14. The van der Waals surface area contributed by atoms with Gasteiger partial charge in [0.15, 0.2) is 0 Å². The minimum absolute atomic E-state index is 0.0117. The molecule has 33 heavy (non-hydrogen) atoms. The molecule has 1 heterocycles. The normalized spacial score (nSPS) is 15.2. The van der Waals surface area contributed by atoms with Gasteiger partial charge in [-0.25, -0.2) is 13.1 Å². The highest BCUT2D eigenvalue weighted by atomic mass is 35.5. The van der Waals surface area contributed by atoms with Crippen molar-refractivity contribution in [3.63, 3.8) is 0 Å². The summed E-state index contributed by atoms with van der Waals surface area (Å²) >= 11 is 12.2. The van der Waals surface area contributed by atoms with E-state index in [4.69, 9.17) is 23.2 Å². The highest BCUT2D eigenvalue weighted by Crippen LogP contribution is 2.30. The molecule has 1 atom stereocenters. The highest BCUT2D eigenvalue weighted by molar-refractivity contribution is 7.89. The topological polar surface area (TPSA) is 52.7 Å². The van der Waals surface area contributed by atoms with Crippen LogP contribution in [-0.4, -0.2) is 40.5 Å². The Morgan fingerprint density at radius 1 is 1.00 bits per heavy atom. The summed E-state index contributed by atoms with van der Waals surface area (Å²) in [6, 6.07) is 21.0. The summed E-state index contributed by atoms with van der Waals surface area (Å²) in [5.41, 5.74) is 4.77. The average Bonchev–Trinajstić information content (AvgIpc) is 2.81. The zero-order valence-electron chi connectivity index (χ0n) is 18.6. The molecule has 8 heteroatoms. The summed E-state index contributed by atoms with van der Waals surface area (Å²) in [5.74, 6) is 0. The highest BCUT2D eigenvalue weighted by Gasteiger charge is 2.27. The first-order valence-corrected chi connectivity index (χ1v) is 13.0. The largest absolute Gasteiger partial charge is 0.378 e. The van der Waals surface area contributed by atoms with Gasteiger partial charge in [0.2, 0.25) is 10.0 Å². The third-order valence-corrected chi connectivity index (χ3v) is 8.18. The number of anilines is 1. The van der Waals surface area contributed by atoms with Crippen molar-refractivity contribution in [1.29, 1.82) is 0 Å². The van der Waals surface area contributed by atoms with Gasteiger partial charge in [-0.1, -0.05) is 59.6 Å². The second-order valence-corrected chi connectivity index (χ2v) is 11.0. The molecular weight excluding hydrogens is 477 g/mol. The first-order chi connectivity index (χ1) is 15.7. The summed E-state index contributed by atoms with van der Waals surface area (Å²) in [6.07, 6.45) is 0.926. The average molecular weight is 504 g/mol. The van der Waals surface area contributed by atoms with Crippen LogP contribution in [0.25, 0.3) is 0 Å². The van der Waals surface area contributed by atoms with Crippen LogP contribution in [0.2, 0.25) is 10.0 Å². The molecule has 1 aliphatic rings. The fourth-order valence-electron chi connectivity index (χ4n) is 4.19. The maximum atomic E-state index is 13.1. The Balaban J connectivity index is 1.62. The minimum atomic E-state index is -3.84. The second kappa shape index (κ2) is 10.0. The number of halogens is 2. The molecule has 0 aliphatic carbocycles. The molecule has 0 amide bonds. The molecule has 1 N–H and O–H groups in total. The van der Waals surface area contributed by atoms with Crippen molar-refractivity contribution in [3.05, 3.63) is 93.5 Å². The monoisotopic (exact) mass is 503 g/mol. The van der Waals surface area contributed by atoms with E-state index in [1.807, 2.05) is 25.1 Å². The number of nitrogens with zero attached hydrogens (tertiary/aromatic N) is 2. The van der Waals surface area contributed by atoms with Crippen molar-refractivity contribution in [1.82, 2.24) is 9.62 Å². The van der Waals surface area contributed by atoms with Gasteiger partial charge in [0.25, 0.3) is 0 Å². The Morgan fingerprint density at radius 2 is 1.70 bits per heavy atom. The lowest BCUT2D eigenvalue weighted by molar-refractivity contribution is 0.180. The molecule has 0 fully saturated rings. The molecule has 0 saturated heterocycles. The van der Waals surface area contributed by atoms with Gasteiger partial charge in [0, 0.05) is 50.5 Å². The molecular formula is C25H27Cl2N3O2S. The number of fused-ring (bicyclic) bond motifs is 1. The Kier molecular flexibility index (Phi) is 7.31. The Morgan fingerprint density at radius 3 is 2.39 bits per heavy atom. The molecule has 0 saturated carbocycles. The number of nitrogens with one attached hydrogen (secondary N) is 1. The second-order valence-electron chi connectivity index (χ2n) is 8.42. The van der Waals surface area contributed by atoms with E-state index in [2.05, 4.69) is 52.1 Å². The molecule has 174 valence electrons. The van der Waals surface area contributed by atoms with Crippen molar-refractivity contribution in [2.45, 2.75) is 23.9 Å². The summed E-state index contributed by atoms with van der Waals surface area (Å²) in [7, 11) is 0.155. The van der Waals surface area contributed by atoms with E-state index < -0.39 is 10.0 Å². The fraction of sp³-hybridized carbons (Fsp3) is 0.280. The van der Waals surface area contributed by atoms with Crippen LogP contribution < -0.4 is 9.62 Å². The third-order valence-electron chi connectivity index (χ3n) is 6.04. The van der Waals surface area contributed by atoms with Crippen molar-refractivity contribution in [2.75, 3.05) is 32.1 Å². The van der Waals surface area contributed by atoms with Gasteiger partial charge < -0.3 is 4.90 Å². The molecule has 0 spiro atoms. The van der Waals surface area contributed by atoms with E-state index in [0.717, 1.165) is 30.8 Å². The zero-order chi connectivity index (χ0) is 23.6. The molecule has 1 unspecified atom stereocenters. The van der Waals surface area contributed by atoms with Gasteiger partial charge in [-0.15, -0.1) is 0 Å². The van der Waals surface area contributed by atoms with Gasteiger partial charge in [0.1, 0.15) is 4.90 Å². The standard InChI is InChI=1S/C25H27Cl2N3O2S/c1-29(2)22-10-7-19(8-11-22)24(30-14-13-18-5-3-4-6-20(18)17-30)16-28-33(31,32)25-15-21(26)9-12-23(25)27/h3-12,15,24,28H,13-14,16-17H2,1-2H3. The lowest BCUT2D eigenvalue weighted by atomic mass is 9.96. The lowest BCUT2D eigenvalue weighted by Gasteiger charge is -2.36.